The molecule has 7 heteroatoms. The first-order valence-corrected chi connectivity index (χ1v) is 13.0. The van der Waals surface area contributed by atoms with Gasteiger partial charge in [-0.05, 0) is 42.1 Å². The lowest BCUT2D eigenvalue weighted by molar-refractivity contribution is -0.151. The molecule has 0 spiro atoms. The van der Waals surface area contributed by atoms with E-state index in [9.17, 15) is 14.4 Å². The summed E-state index contributed by atoms with van der Waals surface area (Å²) in [5.41, 5.74) is 4.34. The average molecular weight is 486 g/mol. The Labute approximate surface area is 206 Å². The van der Waals surface area contributed by atoms with Gasteiger partial charge in [0.1, 0.15) is 12.5 Å². The Bertz CT molecular complexity index is 1010. The predicted molar refractivity (Wildman–Crippen MR) is 134 cm³/mol. The number of methoxy groups -OCH3 is 1. The van der Waals surface area contributed by atoms with Gasteiger partial charge in [-0.15, -0.1) is 0 Å². The molecule has 1 aliphatic heterocycles. The highest BCUT2D eigenvalue weighted by molar-refractivity contribution is 7.99. The Morgan fingerprint density at radius 3 is 2.47 bits per heavy atom. The summed E-state index contributed by atoms with van der Waals surface area (Å²) in [7, 11) is 1.30. The number of dihydropyridines is 1. The van der Waals surface area contributed by atoms with E-state index in [0.717, 1.165) is 17.0 Å². The van der Waals surface area contributed by atoms with Crippen LogP contribution in [-0.4, -0.2) is 42.9 Å². The first-order chi connectivity index (χ1) is 16.2. The zero-order chi connectivity index (χ0) is 25.0. The normalized spacial score (nSPS) is 22.4. The number of Topliss-reactive ketones (excluding diaryl/α,β-unsaturated/α-hetero) is 1. The molecule has 0 radical (unpaired) electrons. The summed E-state index contributed by atoms with van der Waals surface area (Å²) >= 11 is 1.70. The standard InChI is InChI=1S/C27H35NO5S/c1-7-34-13-12-33-27(31)22-17(5)28-20-14-16(4)21(26(30)32-6)25(29)24(20)23(22)19-10-8-18(9-11-19)15(2)3/h8-11,15-16,21,23,28H,7,12-14H2,1-6H3. The largest absolute Gasteiger partial charge is 0.468 e. The first-order valence-electron chi connectivity index (χ1n) is 11.9. The summed E-state index contributed by atoms with van der Waals surface area (Å²) < 4.78 is 10.6. The van der Waals surface area contributed by atoms with Gasteiger partial charge in [0.05, 0.1) is 12.7 Å². The monoisotopic (exact) mass is 485 g/mol. The topological polar surface area (TPSA) is 81.7 Å². The predicted octanol–water partition coefficient (Wildman–Crippen LogP) is 4.72. The minimum Gasteiger partial charge on any atom is -0.468 e. The molecule has 1 aromatic rings. The lowest BCUT2D eigenvalue weighted by Gasteiger charge is -2.38. The van der Waals surface area contributed by atoms with Crippen LogP contribution >= 0.6 is 11.8 Å². The Kier molecular flexibility index (Phi) is 8.63. The zero-order valence-electron chi connectivity index (χ0n) is 20.9. The molecule has 0 amide bonds. The van der Waals surface area contributed by atoms with Crippen LogP contribution < -0.4 is 5.32 Å². The molecular weight excluding hydrogens is 450 g/mol. The number of carbonyl (C=O) groups is 3. The summed E-state index contributed by atoms with van der Waals surface area (Å²) in [4.78, 5) is 39.5. The molecule has 6 nitrogen and oxygen atoms in total. The third-order valence-electron chi connectivity index (χ3n) is 6.56. The van der Waals surface area contributed by atoms with Gasteiger partial charge in [0.15, 0.2) is 5.78 Å². The Hall–Kier alpha value is -2.54. The van der Waals surface area contributed by atoms with E-state index >= 15 is 0 Å². The molecule has 1 heterocycles. The van der Waals surface area contributed by atoms with Gasteiger partial charge in [0, 0.05) is 28.6 Å². The molecule has 0 saturated carbocycles. The van der Waals surface area contributed by atoms with Gasteiger partial charge >= 0.3 is 11.9 Å². The van der Waals surface area contributed by atoms with Crippen LogP contribution in [0.25, 0.3) is 0 Å². The summed E-state index contributed by atoms with van der Waals surface area (Å²) in [5.74, 6) is -0.940. The number of hydrogen-bond acceptors (Lipinski definition) is 7. The van der Waals surface area contributed by atoms with Crippen molar-refractivity contribution in [1.82, 2.24) is 5.32 Å². The van der Waals surface area contributed by atoms with Gasteiger partial charge in [0.2, 0.25) is 0 Å². The Balaban J connectivity index is 2.08. The van der Waals surface area contributed by atoms with Crippen molar-refractivity contribution in [1.29, 1.82) is 0 Å². The van der Waals surface area contributed by atoms with Crippen LogP contribution in [0.2, 0.25) is 0 Å². The third-order valence-corrected chi connectivity index (χ3v) is 7.43. The molecule has 0 aromatic heterocycles. The quantitative estimate of drug-likeness (QED) is 0.324. The number of carbonyl (C=O) groups excluding carboxylic acids is 3. The molecule has 3 rings (SSSR count). The average Bonchev–Trinajstić information content (AvgIpc) is 2.80. The van der Waals surface area contributed by atoms with E-state index in [1.54, 1.807) is 11.8 Å². The van der Waals surface area contributed by atoms with Gasteiger partial charge in [-0.25, -0.2) is 4.79 Å². The summed E-state index contributed by atoms with van der Waals surface area (Å²) in [5, 5.41) is 3.30. The van der Waals surface area contributed by atoms with Gasteiger partial charge in [-0.1, -0.05) is 52.0 Å². The van der Waals surface area contributed by atoms with Crippen molar-refractivity contribution in [2.75, 3.05) is 25.2 Å². The van der Waals surface area contributed by atoms with Crippen LogP contribution in [0.5, 0.6) is 0 Å². The lowest BCUT2D eigenvalue weighted by atomic mass is 9.69. The molecule has 2 aliphatic rings. The first kappa shape index (κ1) is 26.1. The van der Waals surface area contributed by atoms with Crippen LogP contribution in [0.1, 0.15) is 64.0 Å². The van der Waals surface area contributed by atoms with E-state index in [2.05, 4.69) is 26.1 Å². The summed E-state index contributed by atoms with van der Waals surface area (Å²) in [6, 6.07) is 8.02. The highest BCUT2D eigenvalue weighted by Gasteiger charge is 2.47. The number of rotatable bonds is 8. The number of esters is 2. The molecule has 1 N–H and O–H groups in total. The number of thioether (sulfide) groups is 1. The second-order valence-corrected chi connectivity index (χ2v) is 10.6. The number of hydrogen-bond donors (Lipinski definition) is 1. The Morgan fingerprint density at radius 1 is 1.21 bits per heavy atom. The van der Waals surface area contributed by atoms with E-state index in [4.69, 9.17) is 9.47 Å². The van der Waals surface area contributed by atoms with Crippen LogP contribution in [0.15, 0.2) is 46.8 Å². The van der Waals surface area contributed by atoms with Gasteiger partial charge < -0.3 is 14.8 Å². The number of ether oxygens (including phenoxy) is 2. The van der Waals surface area contributed by atoms with Gasteiger partial charge in [0.25, 0.3) is 0 Å². The van der Waals surface area contributed by atoms with E-state index in [0.29, 0.717) is 41.5 Å². The Morgan fingerprint density at radius 2 is 1.88 bits per heavy atom. The molecule has 0 bridgehead atoms. The molecule has 3 atom stereocenters. The minimum absolute atomic E-state index is 0.206. The molecule has 184 valence electrons. The van der Waals surface area contributed by atoms with E-state index < -0.39 is 23.8 Å². The van der Waals surface area contributed by atoms with Crippen molar-refractivity contribution in [3.8, 4) is 0 Å². The molecule has 3 unspecified atom stereocenters. The highest BCUT2D eigenvalue weighted by Crippen LogP contribution is 2.45. The van der Waals surface area contributed by atoms with Crippen molar-refractivity contribution in [3.05, 3.63) is 57.9 Å². The van der Waals surface area contributed by atoms with Crippen LogP contribution in [0.3, 0.4) is 0 Å². The lowest BCUT2D eigenvalue weighted by Crippen LogP contribution is -2.43. The van der Waals surface area contributed by atoms with Gasteiger partial charge in [-0.2, -0.15) is 11.8 Å². The molecule has 1 aliphatic carbocycles. The highest BCUT2D eigenvalue weighted by atomic mass is 32.2. The summed E-state index contributed by atoms with van der Waals surface area (Å²) in [6.07, 6.45) is 0.522. The van der Waals surface area contributed by atoms with E-state index in [-0.39, 0.29) is 11.7 Å². The third kappa shape index (κ3) is 5.24. The molecule has 0 saturated heterocycles. The zero-order valence-corrected chi connectivity index (χ0v) is 21.7. The van der Waals surface area contributed by atoms with Crippen LogP contribution in [0, 0.1) is 11.8 Å². The van der Waals surface area contributed by atoms with E-state index in [1.807, 2.05) is 38.1 Å². The molecule has 1 aromatic carbocycles. The minimum atomic E-state index is -0.889. The van der Waals surface area contributed by atoms with Crippen molar-refractivity contribution < 1.29 is 23.9 Å². The SMILES string of the molecule is CCSCCOC(=O)C1=C(C)NC2=C(C(=O)C(C(=O)OC)C(C)C2)C1c1ccc(C(C)C)cc1. The smallest absolute Gasteiger partial charge is 0.336 e. The van der Waals surface area contributed by atoms with Crippen LogP contribution in [0.4, 0.5) is 0 Å². The number of ketones is 1. The molecule has 0 fully saturated rings. The van der Waals surface area contributed by atoms with Crippen molar-refractivity contribution in [3.63, 3.8) is 0 Å². The summed E-state index contributed by atoms with van der Waals surface area (Å²) in [6.45, 7) is 10.3. The second kappa shape index (κ2) is 11.3. The fourth-order valence-electron chi connectivity index (χ4n) is 4.77. The van der Waals surface area contributed by atoms with Gasteiger partial charge in [-0.3, -0.25) is 9.59 Å². The fraction of sp³-hybridized carbons (Fsp3) is 0.519. The maximum atomic E-state index is 13.7. The van der Waals surface area contributed by atoms with Crippen molar-refractivity contribution in [2.45, 2.75) is 52.9 Å². The number of allylic oxidation sites excluding steroid dienone is 3. The second-order valence-electron chi connectivity index (χ2n) is 9.19. The molecule has 34 heavy (non-hydrogen) atoms. The number of nitrogens with one attached hydrogen (secondary N) is 1. The maximum absolute atomic E-state index is 13.7. The number of benzene rings is 1. The maximum Gasteiger partial charge on any atom is 0.336 e. The molecular formula is C27H35NO5S. The van der Waals surface area contributed by atoms with Crippen LogP contribution in [-0.2, 0) is 23.9 Å². The van der Waals surface area contributed by atoms with Crippen molar-refractivity contribution in [2.24, 2.45) is 11.8 Å². The fourth-order valence-corrected chi connectivity index (χ4v) is 5.26. The van der Waals surface area contributed by atoms with E-state index in [1.165, 1.54) is 12.7 Å². The van der Waals surface area contributed by atoms with Crippen molar-refractivity contribution >= 4 is 29.5 Å².